The van der Waals surface area contributed by atoms with E-state index in [2.05, 4.69) is 10.3 Å². The molecule has 1 amide bonds. The molecule has 1 heterocycles. The Bertz CT molecular complexity index is 875. The number of nitrogens with two attached hydrogens (primary N) is 1. The molecule has 0 aliphatic heterocycles. The Kier molecular flexibility index (Phi) is 3.88. The quantitative estimate of drug-likeness (QED) is 0.685. The SMILES string of the molecule is Nc1cc(Cl)c(Cl)cc1C(=O)Nc1cccc2cccnc12. The fraction of sp³-hybridized carbons (Fsp3) is 0. The van der Waals surface area contributed by atoms with Gasteiger partial charge in [0.25, 0.3) is 5.91 Å². The summed E-state index contributed by atoms with van der Waals surface area (Å²) in [7, 11) is 0. The molecule has 1 aromatic heterocycles. The Labute approximate surface area is 136 Å². The summed E-state index contributed by atoms with van der Waals surface area (Å²) in [4.78, 5) is 16.7. The summed E-state index contributed by atoms with van der Waals surface area (Å²) in [6.07, 6.45) is 1.67. The van der Waals surface area contributed by atoms with E-state index in [1.165, 1.54) is 12.1 Å². The van der Waals surface area contributed by atoms with Crippen molar-refractivity contribution in [3.05, 3.63) is 64.3 Å². The van der Waals surface area contributed by atoms with Gasteiger partial charge in [0.1, 0.15) is 0 Å². The molecule has 6 heteroatoms. The van der Waals surface area contributed by atoms with Crippen LogP contribution in [0.2, 0.25) is 10.0 Å². The van der Waals surface area contributed by atoms with Crippen molar-refractivity contribution in [1.29, 1.82) is 0 Å². The molecule has 0 unspecified atom stereocenters. The number of hydrogen-bond acceptors (Lipinski definition) is 3. The lowest BCUT2D eigenvalue weighted by Crippen LogP contribution is -2.14. The van der Waals surface area contributed by atoms with E-state index >= 15 is 0 Å². The molecule has 0 bridgehead atoms. The molecule has 0 saturated heterocycles. The van der Waals surface area contributed by atoms with Gasteiger partial charge in [-0.3, -0.25) is 9.78 Å². The van der Waals surface area contributed by atoms with Gasteiger partial charge < -0.3 is 11.1 Å². The molecule has 0 saturated carbocycles. The number of fused-ring (bicyclic) bond motifs is 1. The molecular weight excluding hydrogens is 321 g/mol. The molecule has 3 N–H and O–H groups in total. The highest BCUT2D eigenvalue weighted by Crippen LogP contribution is 2.28. The van der Waals surface area contributed by atoms with Crippen LogP contribution in [0.25, 0.3) is 10.9 Å². The van der Waals surface area contributed by atoms with Gasteiger partial charge in [-0.05, 0) is 24.3 Å². The van der Waals surface area contributed by atoms with E-state index < -0.39 is 0 Å². The molecular formula is C16H11Cl2N3O. The molecule has 0 aliphatic rings. The van der Waals surface area contributed by atoms with Crippen molar-refractivity contribution in [1.82, 2.24) is 4.98 Å². The Balaban J connectivity index is 1.99. The zero-order chi connectivity index (χ0) is 15.7. The van der Waals surface area contributed by atoms with Crippen molar-refractivity contribution in [2.75, 3.05) is 11.1 Å². The summed E-state index contributed by atoms with van der Waals surface area (Å²) in [5.74, 6) is -0.366. The van der Waals surface area contributed by atoms with Crippen LogP contribution in [0.4, 0.5) is 11.4 Å². The molecule has 0 spiro atoms. The van der Waals surface area contributed by atoms with Gasteiger partial charge in [0, 0.05) is 17.3 Å². The number of hydrogen-bond donors (Lipinski definition) is 2. The minimum Gasteiger partial charge on any atom is -0.398 e. The van der Waals surface area contributed by atoms with Crippen molar-refractivity contribution < 1.29 is 4.79 Å². The number of amides is 1. The van der Waals surface area contributed by atoms with E-state index in [9.17, 15) is 4.79 Å². The molecule has 0 radical (unpaired) electrons. The van der Waals surface area contributed by atoms with E-state index in [1.54, 1.807) is 12.3 Å². The second-order valence-electron chi connectivity index (χ2n) is 4.69. The lowest BCUT2D eigenvalue weighted by atomic mass is 10.1. The topological polar surface area (TPSA) is 68.0 Å². The largest absolute Gasteiger partial charge is 0.398 e. The maximum absolute atomic E-state index is 12.4. The fourth-order valence-electron chi connectivity index (χ4n) is 2.15. The van der Waals surface area contributed by atoms with Gasteiger partial charge in [0.05, 0.1) is 26.8 Å². The summed E-state index contributed by atoms with van der Waals surface area (Å²) in [5, 5.41) is 4.32. The Morgan fingerprint density at radius 3 is 2.64 bits per heavy atom. The number of nitrogen functional groups attached to an aromatic ring is 1. The van der Waals surface area contributed by atoms with Gasteiger partial charge in [-0.15, -0.1) is 0 Å². The number of aromatic nitrogens is 1. The number of carbonyl (C=O) groups excluding carboxylic acids is 1. The highest BCUT2D eigenvalue weighted by molar-refractivity contribution is 6.42. The fourth-order valence-corrected chi connectivity index (χ4v) is 2.49. The van der Waals surface area contributed by atoms with Crippen LogP contribution in [-0.4, -0.2) is 10.9 Å². The number of nitrogens with zero attached hydrogens (tertiary/aromatic N) is 1. The first-order chi connectivity index (χ1) is 10.6. The third kappa shape index (κ3) is 2.71. The normalized spacial score (nSPS) is 10.6. The maximum Gasteiger partial charge on any atom is 0.257 e. The van der Waals surface area contributed by atoms with Gasteiger partial charge in [-0.25, -0.2) is 0 Å². The van der Waals surface area contributed by atoms with Gasteiger partial charge in [-0.1, -0.05) is 41.4 Å². The van der Waals surface area contributed by atoms with Gasteiger partial charge >= 0.3 is 0 Å². The summed E-state index contributed by atoms with van der Waals surface area (Å²) in [6, 6.07) is 12.2. The van der Waals surface area contributed by atoms with E-state index in [1.807, 2.05) is 24.3 Å². The molecule has 0 fully saturated rings. The Hall–Kier alpha value is -2.30. The highest BCUT2D eigenvalue weighted by atomic mass is 35.5. The molecule has 110 valence electrons. The summed E-state index contributed by atoms with van der Waals surface area (Å²) in [6.45, 7) is 0. The van der Waals surface area contributed by atoms with Crippen LogP contribution in [0.5, 0.6) is 0 Å². The number of nitrogens with one attached hydrogen (secondary N) is 1. The summed E-state index contributed by atoms with van der Waals surface area (Å²) >= 11 is 11.8. The van der Waals surface area contributed by atoms with Crippen LogP contribution >= 0.6 is 23.2 Å². The molecule has 22 heavy (non-hydrogen) atoms. The van der Waals surface area contributed by atoms with E-state index in [0.717, 1.165) is 5.39 Å². The zero-order valence-electron chi connectivity index (χ0n) is 11.3. The molecule has 4 nitrogen and oxygen atoms in total. The number of para-hydroxylation sites is 1. The number of benzene rings is 2. The molecule has 3 aromatic rings. The first-order valence-corrected chi connectivity index (χ1v) is 7.21. The average Bonchev–Trinajstić information content (AvgIpc) is 2.51. The average molecular weight is 332 g/mol. The van der Waals surface area contributed by atoms with E-state index in [0.29, 0.717) is 16.2 Å². The predicted molar refractivity (Wildman–Crippen MR) is 90.6 cm³/mol. The van der Waals surface area contributed by atoms with Crippen LogP contribution in [0.1, 0.15) is 10.4 Å². The first-order valence-electron chi connectivity index (χ1n) is 6.46. The van der Waals surface area contributed by atoms with Crippen molar-refractivity contribution >= 4 is 51.4 Å². The van der Waals surface area contributed by atoms with E-state index in [4.69, 9.17) is 28.9 Å². The van der Waals surface area contributed by atoms with Crippen LogP contribution in [-0.2, 0) is 0 Å². The van der Waals surface area contributed by atoms with Crippen molar-refractivity contribution in [3.63, 3.8) is 0 Å². The number of rotatable bonds is 2. The summed E-state index contributed by atoms with van der Waals surface area (Å²) < 4.78 is 0. The van der Waals surface area contributed by atoms with E-state index in [-0.39, 0.29) is 22.2 Å². The lowest BCUT2D eigenvalue weighted by molar-refractivity contribution is 0.102. The zero-order valence-corrected chi connectivity index (χ0v) is 12.8. The van der Waals surface area contributed by atoms with Crippen molar-refractivity contribution in [2.45, 2.75) is 0 Å². The second kappa shape index (κ2) is 5.83. The van der Waals surface area contributed by atoms with Crippen molar-refractivity contribution in [2.24, 2.45) is 0 Å². The highest BCUT2D eigenvalue weighted by Gasteiger charge is 2.14. The van der Waals surface area contributed by atoms with Gasteiger partial charge in [0.2, 0.25) is 0 Å². The number of carbonyl (C=O) groups is 1. The van der Waals surface area contributed by atoms with Crippen LogP contribution < -0.4 is 11.1 Å². The maximum atomic E-state index is 12.4. The van der Waals surface area contributed by atoms with Crippen molar-refractivity contribution in [3.8, 4) is 0 Å². The number of halogens is 2. The van der Waals surface area contributed by atoms with Crippen LogP contribution in [0.15, 0.2) is 48.7 Å². The second-order valence-corrected chi connectivity index (χ2v) is 5.50. The van der Waals surface area contributed by atoms with Crippen LogP contribution in [0.3, 0.4) is 0 Å². The predicted octanol–water partition coefficient (Wildman–Crippen LogP) is 4.38. The van der Waals surface area contributed by atoms with Crippen LogP contribution in [0, 0.1) is 0 Å². The molecule has 0 aliphatic carbocycles. The van der Waals surface area contributed by atoms with Gasteiger partial charge in [0.15, 0.2) is 0 Å². The summed E-state index contributed by atoms with van der Waals surface area (Å²) in [5.41, 5.74) is 7.68. The monoisotopic (exact) mass is 331 g/mol. The minimum absolute atomic E-state index is 0.264. The smallest absolute Gasteiger partial charge is 0.257 e. The lowest BCUT2D eigenvalue weighted by Gasteiger charge is -2.10. The molecule has 2 aromatic carbocycles. The molecule has 3 rings (SSSR count). The van der Waals surface area contributed by atoms with Gasteiger partial charge in [-0.2, -0.15) is 0 Å². The number of anilines is 2. The Morgan fingerprint density at radius 2 is 1.82 bits per heavy atom. The minimum atomic E-state index is -0.366. The number of pyridine rings is 1. The molecule has 0 atom stereocenters. The third-order valence-corrected chi connectivity index (χ3v) is 3.94. The standard InChI is InChI=1S/C16H11Cl2N3O/c17-11-7-10(13(19)8-12(11)18)16(22)21-14-5-1-3-9-4-2-6-20-15(9)14/h1-8H,19H2,(H,21,22). The first kappa shape index (κ1) is 14.6. The third-order valence-electron chi connectivity index (χ3n) is 3.22. The Morgan fingerprint density at radius 1 is 1.09 bits per heavy atom.